The number of likely N-dealkylation sites (tertiary alicyclic amines) is 2. The minimum Gasteiger partial charge on any atom is -0.495 e. The van der Waals surface area contributed by atoms with E-state index in [-0.39, 0.29) is 11.8 Å². The fourth-order valence-corrected chi connectivity index (χ4v) is 4.01. The molecule has 0 unspecified atom stereocenters. The Morgan fingerprint density at radius 1 is 1.19 bits per heavy atom. The molecule has 0 bridgehead atoms. The van der Waals surface area contributed by atoms with Gasteiger partial charge in [-0.1, -0.05) is 11.6 Å². The number of hydrogen-bond donors (Lipinski definition) is 1. The van der Waals surface area contributed by atoms with Crippen molar-refractivity contribution in [2.75, 3.05) is 45.2 Å². The molecule has 0 spiro atoms. The quantitative estimate of drug-likeness (QED) is 0.835. The lowest BCUT2D eigenvalue weighted by molar-refractivity contribution is -0.136. The normalized spacial score (nSPS) is 18.6. The number of nitrogens with zero attached hydrogens (tertiary/aromatic N) is 2. The molecule has 0 aromatic heterocycles. The Balaban J connectivity index is 1.50. The van der Waals surface area contributed by atoms with Crippen LogP contribution in [0.4, 0.5) is 5.69 Å². The second-order valence-corrected chi connectivity index (χ2v) is 7.84. The molecule has 2 amide bonds. The number of rotatable bonds is 5. The molecule has 0 atom stereocenters. The highest BCUT2D eigenvalue weighted by Crippen LogP contribution is 2.31. The number of ether oxygens (including phenoxy) is 1. The molecule has 2 aliphatic rings. The smallest absolute Gasteiger partial charge is 0.238 e. The van der Waals surface area contributed by atoms with Crippen LogP contribution in [0.15, 0.2) is 12.1 Å². The highest BCUT2D eigenvalue weighted by molar-refractivity contribution is 6.31. The van der Waals surface area contributed by atoms with Gasteiger partial charge < -0.3 is 15.0 Å². The summed E-state index contributed by atoms with van der Waals surface area (Å²) in [5.41, 5.74) is 1.51. The van der Waals surface area contributed by atoms with Crippen LogP contribution in [0.1, 0.15) is 31.2 Å². The first-order valence-electron chi connectivity index (χ1n) is 9.63. The third-order valence-electron chi connectivity index (χ3n) is 5.48. The van der Waals surface area contributed by atoms with E-state index in [1.807, 2.05) is 17.9 Å². The molecule has 2 fully saturated rings. The van der Waals surface area contributed by atoms with E-state index < -0.39 is 0 Å². The molecule has 0 radical (unpaired) electrons. The number of nitrogens with one attached hydrogen (secondary N) is 1. The second-order valence-electron chi connectivity index (χ2n) is 7.43. The zero-order valence-electron chi connectivity index (χ0n) is 16.1. The number of hydrogen-bond acceptors (Lipinski definition) is 4. The lowest BCUT2D eigenvalue weighted by atomic mass is 9.95. The van der Waals surface area contributed by atoms with E-state index in [9.17, 15) is 9.59 Å². The molecular weight excluding hydrogens is 366 g/mol. The van der Waals surface area contributed by atoms with E-state index in [1.54, 1.807) is 13.2 Å². The molecule has 1 aromatic rings. The van der Waals surface area contributed by atoms with Gasteiger partial charge in [0, 0.05) is 30.1 Å². The van der Waals surface area contributed by atoms with E-state index in [0.29, 0.717) is 28.9 Å². The molecule has 2 aliphatic heterocycles. The van der Waals surface area contributed by atoms with Crippen LogP contribution in [-0.2, 0) is 9.59 Å². The van der Waals surface area contributed by atoms with E-state index in [2.05, 4.69) is 10.2 Å². The SMILES string of the molecule is COc1cc(Cl)c(C)cc1NC(=O)CN1CCC(C(=O)N2CCCC2)CC1. The van der Waals surface area contributed by atoms with Crippen LogP contribution in [0.3, 0.4) is 0 Å². The van der Waals surface area contributed by atoms with Crippen LogP contribution in [0, 0.1) is 12.8 Å². The van der Waals surface area contributed by atoms with Gasteiger partial charge in [-0.05, 0) is 57.3 Å². The van der Waals surface area contributed by atoms with E-state index >= 15 is 0 Å². The molecule has 6 nitrogen and oxygen atoms in total. The summed E-state index contributed by atoms with van der Waals surface area (Å²) in [6.07, 6.45) is 3.90. The van der Waals surface area contributed by atoms with E-state index in [4.69, 9.17) is 16.3 Å². The average molecular weight is 394 g/mol. The maximum atomic E-state index is 12.5. The van der Waals surface area contributed by atoms with Crippen molar-refractivity contribution in [1.82, 2.24) is 9.80 Å². The van der Waals surface area contributed by atoms with Crippen LogP contribution in [0.25, 0.3) is 0 Å². The second kappa shape index (κ2) is 8.93. The zero-order chi connectivity index (χ0) is 19.4. The fourth-order valence-electron chi connectivity index (χ4n) is 3.86. The largest absolute Gasteiger partial charge is 0.495 e. The lowest BCUT2D eigenvalue weighted by Crippen LogP contribution is -2.43. The van der Waals surface area contributed by atoms with Crippen molar-refractivity contribution in [3.05, 3.63) is 22.7 Å². The van der Waals surface area contributed by atoms with Crippen molar-refractivity contribution in [2.45, 2.75) is 32.6 Å². The Kier molecular flexibility index (Phi) is 6.60. The van der Waals surface area contributed by atoms with Gasteiger partial charge in [0.25, 0.3) is 0 Å². The number of carbonyl (C=O) groups is 2. The highest BCUT2D eigenvalue weighted by atomic mass is 35.5. The predicted molar refractivity (Wildman–Crippen MR) is 106 cm³/mol. The van der Waals surface area contributed by atoms with Gasteiger partial charge in [-0.2, -0.15) is 0 Å². The molecule has 0 aliphatic carbocycles. The van der Waals surface area contributed by atoms with Gasteiger partial charge in [0.15, 0.2) is 0 Å². The molecule has 1 N–H and O–H groups in total. The van der Waals surface area contributed by atoms with Gasteiger partial charge in [-0.25, -0.2) is 0 Å². The summed E-state index contributed by atoms with van der Waals surface area (Å²) in [7, 11) is 1.55. The lowest BCUT2D eigenvalue weighted by Gasteiger charge is -2.32. The monoisotopic (exact) mass is 393 g/mol. The van der Waals surface area contributed by atoms with E-state index in [0.717, 1.165) is 57.4 Å². The van der Waals surface area contributed by atoms with Crippen molar-refractivity contribution >= 4 is 29.1 Å². The fraction of sp³-hybridized carbons (Fsp3) is 0.600. The molecule has 27 heavy (non-hydrogen) atoms. The van der Waals surface area contributed by atoms with Gasteiger partial charge in [0.2, 0.25) is 11.8 Å². The molecular formula is C20H28ClN3O3. The number of halogens is 1. The Morgan fingerprint density at radius 3 is 2.48 bits per heavy atom. The number of carbonyl (C=O) groups excluding carboxylic acids is 2. The summed E-state index contributed by atoms with van der Waals surface area (Å²) >= 11 is 6.11. The topological polar surface area (TPSA) is 61.9 Å². The van der Waals surface area contributed by atoms with Crippen LogP contribution in [0.2, 0.25) is 5.02 Å². The van der Waals surface area contributed by atoms with Crippen molar-refractivity contribution in [1.29, 1.82) is 0 Å². The number of methoxy groups -OCH3 is 1. The minimum atomic E-state index is -0.0839. The van der Waals surface area contributed by atoms with Gasteiger partial charge in [0.05, 0.1) is 19.3 Å². The van der Waals surface area contributed by atoms with Gasteiger partial charge in [0.1, 0.15) is 5.75 Å². The molecule has 148 valence electrons. The number of anilines is 1. The Labute approximate surface area is 165 Å². The summed E-state index contributed by atoms with van der Waals surface area (Å²) in [6.45, 7) is 5.56. The van der Waals surface area contributed by atoms with Crippen LogP contribution < -0.4 is 10.1 Å². The summed E-state index contributed by atoms with van der Waals surface area (Å²) in [5.74, 6) is 0.882. The summed E-state index contributed by atoms with van der Waals surface area (Å²) in [6, 6.07) is 3.53. The third-order valence-corrected chi connectivity index (χ3v) is 5.88. The molecule has 1 aromatic carbocycles. The maximum Gasteiger partial charge on any atom is 0.238 e. The summed E-state index contributed by atoms with van der Waals surface area (Å²) < 4.78 is 5.31. The summed E-state index contributed by atoms with van der Waals surface area (Å²) in [5, 5.41) is 3.52. The molecule has 2 saturated heterocycles. The highest BCUT2D eigenvalue weighted by Gasteiger charge is 2.30. The van der Waals surface area contributed by atoms with Gasteiger partial charge in [-0.15, -0.1) is 0 Å². The minimum absolute atomic E-state index is 0.0839. The first kappa shape index (κ1) is 20.0. The standard InChI is InChI=1S/C20H28ClN3O3/c1-14-11-17(18(27-2)12-16(14)21)22-19(25)13-23-9-5-15(6-10-23)20(26)24-7-3-4-8-24/h11-12,15H,3-10,13H2,1-2H3,(H,22,25). The zero-order valence-corrected chi connectivity index (χ0v) is 16.8. The van der Waals surface area contributed by atoms with Crippen molar-refractivity contribution in [2.24, 2.45) is 5.92 Å². The van der Waals surface area contributed by atoms with Crippen molar-refractivity contribution in [3.63, 3.8) is 0 Å². The average Bonchev–Trinajstić information content (AvgIpc) is 3.19. The number of aryl methyl sites for hydroxylation is 1. The molecule has 3 rings (SSSR count). The van der Waals surface area contributed by atoms with Crippen molar-refractivity contribution < 1.29 is 14.3 Å². The third kappa shape index (κ3) is 4.93. The molecule has 0 saturated carbocycles. The van der Waals surface area contributed by atoms with Crippen LogP contribution >= 0.6 is 11.6 Å². The Morgan fingerprint density at radius 2 is 1.85 bits per heavy atom. The van der Waals surface area contributed by atoms with Crippen LogP contribution in [0.5, 0.6) is 5.75 Å². The Hall–Kier alpha value is -1.79. The Bertz CT molecular complexity index is 696. The first-order valence-corrected chi connectivity index (χ1v) is 10.0. The predicted octanol–water partition coefficient (Wildman–Crippen LogP) is 2.93. The number of amides is 2. The van der Waals surface area contributed by atoms with E-state index in [1.165, 1.54) is 0 Å². The summed E-state index contributed by atoms with van der Waals surface area (Å²) in [4.78, 5) is 29.1. The van der Waals surface area contributed by atoms with Gasteiger partial charge in [-0.3, -0.25) is 14.5 Å². The van der Waals surface area contributed by atoms with Crippen molar-refractivity contribution in [3.8, 4) is 5.75 Å². The first-order chi connectivity index (χ1) is 13.0. The van der Waals surface area contributed by atoms with Gasteiger partial charge >= 0.3 is 0 Å². The molecule has 7 heteroatoms. The molecule has 2 heterocycles. The number of piperidine rings is 1. The number of benzene rings is 1. The van der Waals surface area contributed by atoms with Crippen LogP contribution in [-0.4, -0.2) is 61.4 Å². The maximum absolute atomic E-state index is 12.5.